The number of aromatic hydroxyl groups is 1. The van der Waals surface area contributed by atoms with Gasteiger partial charge in [0.15, 0.2) is 0 Å². The molecule has 1 aromatic heterocycles. The van der Waals surface area contributed by atoms with E-state index in [1.54, 1.807) is 24.3 Å². The van der Waals surface area contributed by atoms with E-state index in [0.29, 0.717) is 11.0 Å². The van der Waals surface area contributed by atoms with Gasteiger partial charge in [-0.05, 0) is 12.1 Å². The summed E-state index contributed by atoms with van der Waals surface area (Å²) in [5.41, 5.74) is 4.95. The first-order valence-electron chi connectivity index (χ1n) is 4.31. The molecule has 0 aliphatic rings. The minimum absolute atomic E-state index is 0.00740. The highest BCUT2D eigenvalue weighted by Gasteiger charge is 2.14. The third-order valence-electron chi connectivity index (χ3n) is 2.11. The smallest absolute Gasteiger partial charge is 0.349 e. The molecule has 2 aromatic rings. The molecule has 0 unspecified atom stereocenters. The summed E-state index contributed by atoms with van der Waals surface area (Å²) >= 11 is 0. The van der Waals surface area contributed by atoms with Crippen molar-refractivity contribution in [1.82, 2.24) is 0 Å². The number of fused-ring (bicyclic) bond motifs is 1. The van der Waals surface area contributed by atoms with Crippen molar-refractivity contribution in [2.45, 2.75) is 0 Å². The Labute approximate surface area is 85.3 Å². The molecule has 15 heavy (non-hydrogen) atoms. The lowest BCUT2D eigenvalue weighted by atomic mass is 10.1. The zero-order valence-electron chi connectivity index (χ0n) is 7.86. The minimum atomic E-state index is -0.682. The summed E-state index contributed by atoms with van der Waals surface area (Å²) in [5, 5.41) is 10.2. The minimum Gasteiger partial charge on any atom is -0.506 e. The third-order valence-corrected chi connectivity index (χ3v) is 2.11. The normalized spacial score (nSPS) is 10.4. The average Bonchev–Trinajstić information content (AvgIpc) is 2.17. The zero-order valence-corrected chi connectivity index (χ0v) is 7.86. The molecule has 0 saturated carbocycles. The van der Waals surface area contributed by atoms with E-state index >= 15 is 0 Å². The largest absolute Gasteiger partial charge is 0.506 e. The molecule has 1 heterocycles. The van der Waals surface area contributed by atoms with Crippen LogP contribution in [0.1, 0.15) is 5.56 Å². The predicted molar refractivity (Wildman–Crippen MR) is 57.4 cm³/mol. The van der Waals surface area contributed by atoms with Crippen molar-refractivity contribution in [3.8, 4) is 5.75 Å². The third kappa shape index (κ3) is 1.36. The molecule has 0 saturated heterocycles. The number of hydrogen-bond donors (Lipinski definition) is 2. The van der Waals surface area contributed by atoms with E-state index in [1.165, 1.54) is 0 Å². The number of para-hydroxylation sites is 1. The van der Waals surface area contributed by atoms with E-state index in [1.807, 2.05) is 0 Å². The Bertz CT molecular complexity index is 598. The van der Waals surface area contributed by atoms with Gasteiger partial charge >= 0.3 is 5.63 Å². The van der Waals surface area contributed by atoms with Crippen molar-refractivity contribution in [1.29, 1.82) is 0 Å². The van der Waals surface area contributed by atoms with E-state index in [4.69, 9.17) is 10.2 Å². The van der Waals surface area contributed by atoms with Gasteiger partial charge in [0.2, 0.25) is 0 Å². The van der Waals surface area contributed by atoms with Crippen molar-refractivity contribution in [2.24, 2.45) is 5.73 Å². The van der Waals surface area contributed by atoms with Crippen LogP contribution in [0.5, 0.6) is 5.75 Å². The second-order valence-corrected chi connectivity index (χ2v) is 3.13. The molecule has 0 radical (unpaired) electrons. The van der Waals surface area contributed by atoms with Gasteiger partial charge in [-0.3, -0.25) is 0 Å². The van der Waals surface area contributed by atoms with Crippen LogP contribution in [0.25, 0.3) is 16.7 Å². The van der Waals surface area contributed by atoms with Crippen molar-refractivity contribution in [2.75, 3.05) is 0 Å². The van der Waals surface area contributed by atoms with Crippen LogP contribution in [0.2, 0.25) is 0 Å². The van der Waals surface area contributed by atoms with Crippen LogP contribution in [-0.4, -0.2) is 5.11 Å². The topological polar surface area (TPSA) is 76.5 Å². The van der Waals surface area contributed by atoms with Gasteiger partial charge in [0.1, 0.15) is 16.9 Å². The molecule has 1 aromatic carbocycles. The molecule has 0 aliphatic carbocycles. The van der Waals surface area contributed by atoms with E-state index in [9.17, 15) is 9.90 Å². The summed E-state index contributed by atoms with van der Waals surface area (Å²) < 4.78 is 4.98. The maximum absolute atomic E-state index is 11.4. The Hall–Kier alpha value is -2.23. The number of rotatable bonds is 1. The van der Waals surface area contributed by atoms with Gasteiger partial charge in [0.25, 0.3) is 0 Å². The van der Waals surface area contributed by atoms with Crippen LogP contribution in [0, 0.1) is 0 Å². The monoisotopic (exact) mass is 203 g/mol. The molecule has 4 nitrogen and oxygen atoms in total. The Morgan fingerprint density at radius 3 is 2.73 bits per heavy atom. The fraction of sp³-hybridized carbons (Fsp3) is 0. The molecule has 76 valence electrons. The Morgan fingerprint density at radius 2 is 2.07 bits per heavy atom. The van der Waals surface area contributed by atoms with Crippen LogP contribution in [0.15, 0.2) is 40.1 Å². The molecule has 3 N–H and O–H groups in total. The number of nitrogens with two attached hydrogens (primary N) is 1. The van der Waals surface area contributed by atoms with Crippen LogP contribution in [-0.2, 0) is 0 Å². The van der Waals surface area contributed by atoms with E-state index in [-0.39, 0.29) is 17.0 Å². The van der Waals surface area contributed by atoms with Gasteiger partial charge in [-0.1, -0.05) is 18.7 Å². The van der Waals surface area contributed by atoms with Gasteiger partial charge in [0.05, 0.1) is 5.39 Å². The lowest BCUT2D eigenvalue weighted by molar-refractivity contribution is 0.465. The molecule has 0 spiro atoms. The fourth-order valence-electron chi connectivity index (χ4n) is 1.42. The van der Waals surface area contributed by atoms with Gasteiger partial charge in [-0.2, -0.15) is 0 Å². The number of hydrogen-bond acceptors (Lipinski definition) is 4. The van der Waals surface area contributed by atoms with Crippen LogP contribution < -0.4 is 11.4 Å². The molecule has 0 bridgehead atoms. The highest BCUT2D eigenvalue weighted by atomic mass is 16.4. The van der Waals surface area contributed by atoms with Gasteiger partial charge < -0.3 is 15.3 Å². The first-order chi connectivity index (χ1) is 7.11. The van der Waals surface area contributed by atoms with Crippen LogP contribution in [0.4, 0.5) is 0 Å². The quantitative estimate of drug-likeness (QED) is 0.687. The first-order valence-corrected chi connectivity index (χ1v) is 4.31. The standard InChI is InChI=1S/C11H9NO3/c1-6(12)9-10(13)7-4-2-3-5-8(7)15-11(9)14/h2-5,13H,1,12H2. The molecule has 0 amide bonds. The fourth-order valence-corrected chi connectivity index (χ4v) is 1.42. The second-order valence-electron chi connectivity index (χ2n) is 3.13. The maximum Gasteiger partial charge on any atom is 0.349 e. The van der Waals surface area contributed by atoms with Crippen molar-refractivity contribution in [3.63, 3.8) is 0 Å². The molecular weight excluding hydrogens is 194 g/mol. The molecule has 0 aliphatic heterocycles. The van der Waals surface area contributed by atoms with E-state index < -0.39 is 5.63 Å². The zero-order chi connectivity index (χ0) is 11.0. The van der Waals surface area contributed by atoms with Crippen molar-refractivity contribution < 1.29 is 9.52 Å². The van der Waals surface area contributed by atoms with Gasteiger partial charge in [-0.25, -0.2) is 4.79 Å². The highest BCUT2D eigenvalue weighted by molar-refractivity contribution is 5.87. The summed E-state index contributed by atoms with van der Waals surface area (Å²) in [6.07, 6.45) is 0. The lowest BCUT2D eigenvalue weighted by Gasteiger charge is -2.04. The van der Waals surface area contributed by atoms with Crippen LogP contribution in [0.3, 0.4) is 0 Å². The first kappa shape index (κ1) is 9.33. The molecule has 0 atom stereocenters. The van der Waals surface area contributed by atoms with E-state index in [2.05, 4.69) is 6.58 Å². The summed E-state index contributed by atoms with van der Waals surface area (Å²) in [7, 11) is 0. The molecular formula is C11H9NO3. The summed E-state index contributed by atoms with van der Waals surface area (Å²) in [4.78, 5) is 11.4. The SMILES string of the molecule is C=C(N)c1c(O)c2ccccc2oc1=O. The lowest BCUT2D eigenvalue weighted by Crippen LogP contribution is -2.10. The number of benzene rings is 1. The van der Waals surface area contributed by atoms with Crippen molar-refractivity contribution in [3.05, 3.63) is 46.8 Å². The average molecular weight is 203 g/mol. The van der Waals surface area contributed by atoms with Gasteiger partial charge in [0, 0.05) is 5.70 Å². The summed E-state index contributed by atoms with van der Waals surface area (Å²) in [5.74, 6) is -0.186. The summed E-state index contributed by atoms with van der Waals surface area (Å²) in [6, 6.07) is 6.67. The Morgan fingerprint density at radius 1 is 1.40 bits per heavy atom. The maximum atomic E-state index is 11.4. The summed E-state index contributed by atoms with van der Waals surface area (Å²) in [6.45, 7) is 3.41. The Kier molecular flexibility index (Phi) is 1.97. The van der Waals surface area contributed by atoms with Gasteiger partial charge in [-0.15, -0.1) is 0 Å². The van der Waals surface area contributed by atoms with E-state index in [0.717, 1.165) is 0 Å². The second kappa shape index (κ2) is 3.16. The molecule has 2 rings (SSSR count). The Balaban J connectivity index is 2.97. The molecule has 4 heteroatoms. The molecule has 0 fully saturated rings. The van der Waals surface area contributed by atoms with Crippen LogP contribution >= 0.6 is 0 Å². The predicted octanol–water partition coefficient (Wildman–Crippen LogP) is 1.43. The van der Waals surface area contributed by atoms with Crippen molar-refractivity contribution >= 4 is 16.7 Å². The highest BCUT2D eigenvalue weighted by Crippen LogP contribution is 2.27.